The normalized spacial score (nSPS) is 21.0. The number of benzene rings is 1. The highest BCUT2D eigenvalue weighted by Gasteiger charge is 2.36. The highest BCUT2D eigenvalue weighted by molar-refractivity contribution is 5.75. The highest BCUT2D eigenvalue weighted by atomic mass is 16.4. The van der Waals surface area contributed by atoms with Crippen LogP contribution in [0.3, 0.4) is 0 Å². The molecule has 1 aliphatic carbocycles. The van der Waals surface area contributed by atoms with E-state index in [-0.39, 0.29) is 23.5 Å². The Kier molecular flexibility index (Phi) is 6.37. The van der Waals surface area contributed by atoms with E-state index in [9.17, 15) is 9.59 Å². The van der Waals surface area contributed by atoms with Gasteiger partial charge in [0.15, 0.2) is 0 Å². The Morgan fingerprint density at radius 2 is 1.81 bits per heavy atom. The molecule has 27 heavy (non-hydrogen) atoms. The first-order chi connectivity index (χ1) is 13.0. The van der Waals surface area contributed by atoms with Crippen molar-refractivity contribution in [2.45, 2.75) is 57.0 Å². The van der Waals surface area contributed by atoms with Crippen molar-refractivity contribution >= 4 is 12.0 Å². The highest BCUT2D eigenvalue weighted by Crippen LogP contribution is 2.32. The first kappa shape index (κ1) is 19.7. The third-order valence-corrected chi connectivity index (χ3v) is 6.09. The summed E-state index contributed by atoms with van der Waals surface area (Å²) in [5.74, 6) is -1.07. The van der Waals surface area contributed by atoms with Crippen molar-refractivity contribution in [2.75, 3.05) is 19.6 Å². The van der Waals surface area contributed by atoms with Crippen LogP contribution in [0.15, 0.2) is 30.3 Å². The lowest BCUT2D eigenvalue weighted by atomic mass is 9.94. The summed E-state index contributed by atoms with van der Waals surface area (Å²) < 4.78 is 0. The SMILES string of the molecule is CC(NC1(CNC(=O)N2CCC(C(=O)O)CC2)CCCC1)c1ccccc1. The summed E-state index contributed by atoms with van der Waals surface area (Å²) in [6.45, 7) is 3.82. The van der Waals surface area contributed by atoms with Crippen LogP contribution in [0.25, 0.3) is 0 Å². The van der Waals surface area contributed by atoms with E-state index in [0.717, 1.165) is 12.8 Å². The van der Waals surface area contributed by atoms with Gasteiger partial charge in [-0.3, -0.25) is 4.79 Å². The molecule has 1 saturated carbocycles. The number of hydrogen-bond donors (Lipinski definition) is 3. The van der Waals surface area contributed by atoms with Gasteiger partial charge in [0, 0.05) is 31.2 Å². The Bertz CT molecular complexity index is 635. The summed E-state index contributed by atoms with van der Waals surface area (Å²) in [5, 5.41) is 16.0. The molecule has 0 aromatic heterocycles. The second-order valence-electron chi connectivity index (χ2n) is 8.02. The number of aliphatic carboxylic acids is 1. The van der Waals surface area contributed by atoms with E-state index in [1.807, 2.05) is 6.07 Å². The second-order valence-corrected chi connectivity index (χ2v) is 8.02. The molecule has 3 N–H and O–H groups in total. The minimum Gasteiger partial charge on any atom is -0.481 e. The molecule has 1 atom stereocenters. The topological polar surface area (TPSA) is 81.7 Å². The maximum absolute atomic E-state index is 12.6. The molecule has 6 heteroatoms. The molecule has 1 aromatic rings. The average molecular weight is 373 g/mol. The fraction of sp³-hybridized carbons (Fsp3) is 0.619. The maximum Gasteiger partial charge on any atom is 0.317 e. The van der Waals surface area contributed by atoms with Gasteiger partial charge in [-0.1, -0.05) is 43.2 Å². The lowest BCUT2D eigenvalue weighted by Gasteiger charge is -2.36. The third kappa shape index (κ3) is 5.01. The van der Waals surface area contributed by atoms with Crippen LogP contribution in [0, 0.1) is 5.92 Å². The number of carbonyl (C=O) groups is 2. The Hall–Kier alpha value is -2.08. The van der Waals surface area contributed by atoms with Crippen LogP contribution in [-0.4, -0.2) is 47.2 Å². The van der Waals surface area contributed by atoms with Crippen molar-refractivity contribution in [1.29, 1.82) is 0 Å². The third-order valence-electron chi connectivity index (χ3n) is 6.09. The number of carbonyl (C=O) groups excluding carboxylic acids is 1. The molecular formula is C21H31N3O3. The van der Waals surface area contributed by atoms with Gasteiger partial charge in [0.05, 0.1) is 5.92 Å². The summed E-state index contributed by atoms with van der Waals surface area (Å²) in [6.07, 6.45) is 5.55. The van der Waals surface area contributed by atoms with Gasteiger partial charge in [-0.05, 0) is 38.2 Å². The number of carboxylic acid groups (broad SMARTS) is 1. The Morgan fingerprint density at radius 1 is 1.19 bits per heavy atom. The van der Waals surface area contributed by atoms with Gasteiger partial charge in [0.25, 0.3) is 0 Å². The van der Waals surface area contributed by atoms with E-state index in [2.05, 4.69) is 41.8 Å². The molecule has 0 radical (unpaired) electrons. The predicted octanol–water partition coefficient (Wildman–Crippen LogP) is 3.16. The molecule has 3 rings (SSSR count). The molecule has 2 aliphatic rings. The molecule has 1 saturated heterocycles. The van der Waals surface area contributed by atoms with Gasteiger partial charge in [-0.25, -0.2) is 4.79 Å². The fourth-order valence-corrected chi connectivity index (χ4v) is 4.39. The number of amides is 2. The molecule has 6 nitrogen and oxygen atoms in total. The number of carboxylic acids is 1. The van der Waals surface area contributed by atoms with Crippen molar-refractivity contribution in [3.8, 4) is 0 Å². The Morgan fingerprint density at radius 3 is 2.41 bits per heavy atom. The van der Waals surface area contributed by atoms with Gasteiger partial charge in [-0.2, -0.15) is 0 Å². The van der Waals surface area contributed by atoms with Crippen molar-refractivity contribution in [3.63, 3.8) is 0 Å². The van der Waals surface area contributed by atoms with Gasteiger partial charge in [-0.15, -0.1) is 0 Å². The molecular weight excluding hydrogens is 342 g/mol. The van der Waals surface area contributed by atoms with Gasteiger partial charge in [0.2, 0.25) is 0 Å². The number of rotatable bonds is 6. The summed E-state index contributed by atoms with van der Waals surface area (Å²) in [5.41, 5.74) is 1.19. The Balaban J connectivity index is 1.54. The molecule has 1 aliphatic heterocycles. The zero-order chi connectivity index (χ0) is 19.3. The van der Waals surface area contributed by atoms with Crippen LogP contribution in [-0.2, 0) is 4.79 Å². The number of nitrogens with one attached hydrogen (secondary N) is 2. The summed E-state index contributed by atoms with van der Waals surface area (Å²) in [6, 6.07) is 10.5. The van der Waals surface area contributed by atoms with Crippen molar-refractivity contribution in [1.82, 2.24) is 15.5 Å². The molecule has 148 valence electrons. The molecule has 1 aromatic carbocycles. The molecule has 2 fully saturated rings. The zero-order valence-corrected chi connectivity index (χ0v) is 16.1. The zero-order valence-electron chi connectivity index (χ0n) is 16.1. The average Bonchev–Trinajstić information content (AvgIpc) is 3.15. The van der Waals surface area contributed by atoms with Crippen LogP contribution in [0.4, 0.5) is 4.79 Å². The number of hydrogen-bond acceptors (Lipinski definition) is 3. The van der Waals surface area contributed by atoms with E-state index < -0.39 is 5.97 Å². The number of likely N-dealkylation sites (tertiary alicyclic amines) is 1. The maximum atomic E-state index is 12.6. The predicted molar refractivity (Wildman–Crippen MR) is 105 cm³/mol. The summed E-state index contributed by atoms with van der Waals surface area (Å²) in [7, 11) is 0. The quantitative estimate of drug-likeness (QED) is 0.715. The lowest BCUT2D eigenvalue weighted by molar-refractivity contribution is -0.143. The molecule has 0 bridgehead atoms. The van der Waals surface area contributed by atoms with Gasteiger partial charge < -0.3 is 20.6 Å². The molecule has 1 heterocycles. The van der Waals surface area contributed by atoms with E-state index in [4.69, 9.17) is 5.11 Å². The number of urea groups is 1. The minimum atomic E-state index is -0.751. The van der Waals surface area contributed by atoms with Crippen LogP contribution in [0.1, 0.15) is 57.1 Å². The summed E-state index contributed by atoms with van der Waals surface area (Å²) >= 11 is 0. The lowest BCUT2D eigenvalue weighted by Crippen LogP contribution is -2.55. The van der Waals surface area contributed by atoms with E-state index in [1.165, 1.54) is 18.4 Å². The fourth-order valence-electron chi connectivity index (χ4n) is 4.39. The molecule has 1 unspecified atom stereocenters. The first-order valence-electron chi connectivity index (χ1n) is 10.1. The van der Waals surface area contributed by atoms with Crippen molar-refractivity contribution in [2.24, 2.45) is 5.92 Å². The van der Waals surface area contributed by atoms with E-state index >= 15 is 0 Å². The van der Waals surface area contributed by atoms with Crippen LogP contribution < -0.4 is 10.6 Å². The van der Waals surface area contributed by atoms with Crippen LogP contribution in [0.5, 0.6) is 0 Å². The van der Waals surface area contributed by atoms with Crippen molar-refractivity contribution in [3.05, 3.63) is 35.9 Å². The van der Waals surface area contributed by atoms with Gasteiger partial charge in [0.1, 0.15) is 0 Å². The largest absolute Gasteiger partial charge is 0.481 e. The summed E-state index contributed by atoms with van der Waals surface area (Å²) in [4.78, 5) is 25.4. The van der Waals surface area contributed by atoms with Gasteiger partial charge >= 0.3 is 12.0 Å². The van der Waals surface area contributed by atoms with E-state index in [0.29, 0.717) is 32.5 Å². The van der Waals surface area contributed by atoms with Crippen LogP contribution >= 0.6 is 0 Å². The second kappa shape index (κ2) is 8.74. The van der Waals surface area contributed by atoms with E-state index in [1.54, 1.807) is 4.90 Å². The first-order valence-corrected chi connectivity index (χ1v) is 10.1. The van der Waals surface area contributed by atoms with Crippen LogP contribution in [0.2, 0.25) is 0 Å². The number of piperidine rings is 1. The standard InChI is InChI=1S/C21H31N3O3/c1-16(17-7-3-2-4-8-17)23-21(11-5-6-12-21)15-22-20(27)24-13-9-18(10-14-24)19(25)26/h2-4,7-8,16,18,23H,5-6,9-15H2,1H3,(H,22,27)(H,25,26). The smallest absolute Gasteiger partial charge is 0.317 e. The molecule has 0 spiro atoms. The minimum absolute atomic E-state index is 0.0652. The monoisotopic (exact) mass is 373 g/mol. The Labute approximate surface area is 161 Å². The molecule has 2 amide bonds. The number of nitrogens with zero attached hydrogens (tertiary/aromatic N) is 1. The van der Waals surface area contributed by atoms with Crippen molar-refractivity contribution < 1.29 is 14.7 Å².